The molecule has 1 N–H and O–H groups in total. The van der Waals surface area contributed by atoms with Crippen molar-refractivity contribution in [2.24, 2.45) is 0 Å². The fourth-order valence-electron chi connectivity index (χ4n) is 1.81. The zero-order chi connectivity index (χ0) is 12.9. The minimum atomic E-state index is -0.643. The maximum absolute atomic E-state index is 11.1. The van der Waals surface area contributed by atoms with E-state index in [1.807, 2.05) is 0 Å². The number of carbonyl (C=O) groups is 1. The lowest BCUT2D eigenvalue weighted by molar-refractivity contribution is -0.145. The van der Waals surface area contributed by atoms with Crippen LogP contribution >= 0.6 is 0 Å². The molecule has 0 aromatic rings. The van der Waals surface area contributed by atoms with Crippen molar-refractivity contribution in [2.45, 2.75) is 38.4 Å². The van der Waals surface area contributed by atoms with Crippen LogP contribution in [-0.4, -0.2) is 61.0 Å². The van der Waals surface area contributed by atoms with Crippen LogP contribution in [0, 0.1) is 0 Å². The van der Waals surface area contributed by atoms with Crippen LogP contribution in [0.4, 0.5) is 0 Å². The lowest BCUT2D eigenvalue weighted by atomic mass is 10.0. The molecular formula is C12H23NO4. The zero-order valence-corrected chi connectivity index (χ0v) is 10.9. The van der Waals surface area contributed by atoms with Crippen LogP contribution in [-0.2, 0) is 14.3 Å². The highest BCUT2D eigenvalue weighted by molar-refractivity contribution is 5.69. The molecule has 1 rings (SSSR count). The summed E-state index contributed by atoms with van der Waals surface area (Å²) >= 11 is 0. The highest BCUT2D eigenvalue weighted by atomic mass is 16.5. The predicted molar refractivity (Wildman–Crippen MR) is 63.7 cm³/mol. The SMILES string of the molecule is COC(=O)CC1CN(CCC(C)(C)O)CCO1. The largest absolute Gasteiger partial charge is 0.469 e. The van der Waals surface area contributed by atoms with Crippen LogP contribution < -0.4 is 0 Å². The highest BCUT2D eigenvalue weighted by Crippen LogP contribution is 2.13. The predicted octanol–water partition coefficient (Wildman–Crippen LogP) is 0.411. The molecule has 0 aromatic carbocycles. The van der Waals surface area contributed by atoms with Gasteiger partial charge in [-0.15, -0.1) is 0 Å². The third-order valence-corrected chi connectivity index (χ3v) is 2.88. The molecule has 0 bridgehead atoms. The van der Waals surface area contributed by atoms with Gasteiger partial charge in [0.25, 0.3) is 0 Å². The quantitative estimate of drug-likeness (QED) is 0.711. The van der Waals surface area contributed by atoms with Crippen molar-refractivity contribution in [3.63, 3.8) is 0 Å². The summed E-state index contributed by atoms with van der Waals surface area (Å²) in [6.45, 7) is 6.65. The van der Waals surface area contributed by atoms with Crippen molar-refractivity contribution in [3.8, 4) is 0 Å². The Labute approximate surface area is 103 Å². The second kappa shape index (κ2) is 6.33. The van der Waals surface area contributed by atoms with E-state index in [-0.39, 0.29) is 12.1 Å². The van der Waals surface area contributed by atoms with Crippen molar-refractivity contribution < 1.29 is 19.4 Å². The molecule has 5 heteroatoms. The molecule has 1 fully saturated rings. The summed E-state index contributed by atoms with van der Waals surface area (Å²) < 4.78 is 10.1. The van der Waals surface area contributed by atoms with E-state index in [1.165, 1.54) is 7.11 Å². The van der Waals surface area contributed by atoms with E-state index in [2.05, 4.69) is 9.64 Å². The van der Waals surface area contributed by atoms with Gasteiger partial charge in [-0.3, -0.25) is 9.69 Å². The molecule has 1 heterocycles. The molecule has 1 unspecified atom stereocenters. The molecule has 0 radical (unpaired) electrons. The Kier molecular flexibility index (Phi) is 5.36. The third-order valence-electron chi connectivity index (χ3n) is 2.88. The van der Waals surface area contributed by atoms with Crippen LogP contribution in [0.15, 0.2) is 0 Å². The molecule has 5 nitrogen and oxygen atoms in total. The van der Waals surface area contributed by atoms with Gasteiger partial charge in [0.15, 0.2) is 0 Å². The molecule has 1 saturated heterocycles. The summed E-state index contributed by atoms with van der Waals surface area (Å²) in [5.74, 6) is -0.237. The Hall–Kier alpha value is -0.650. The first-order valence-electron chi connectivity index (χ1n) is 6.04. The Balaban J connectivity index is 2.31. The molecule has 0 spiro atoms. The fourth-order valence-corrected chi connectivity index (χ4v) is 1.81. The number of morpholine rings is 1. The standard InChI is InChI=1S/C12H23NO4/c1-12(2,15)4-5-13-6-7-17-10(9-13)8-11(14)16-3/h10,15H,4-9H2,1-3H3. The second-order valence-electron chi connectivity index (χ2n) is 5.14. The molecule has 17 heavy (non-hydrogen) atoms. The Morgan fingerprint density at radius 2 is 2.29 bits per heavy atom. The van der Waals surface area contributed by atoms with Crippen molar-refractivity contribution in [3.05, 3.63) is 0 Å². The van der Waals surface area contributed by atoms with Gasteiger partial charge in [0.1, 0.15) is 0 Å². The Bertz CT molecular complexity index is 249. The average Bonchev–Trinajstić information content (AvgIpc) is 2.26. The summed E-state index contributed by atoms with van der Waals surface area (Å²) in [5.41, 5.74) is -0.643. The van der Waals surface area contributed by atoms with Crippen LogP contribution in [0.2, 0.25) is 0 Å². The third kappa shape index (κ3) is 6.00. The van der Waals surface area contributed by atoms with Crippen LogP contribution in [0.25, 0.3) is 0 Å². The van der Waals surface area contributed by atoms with E-state index < -0.39 is 5.60 Å². The first kappa shape index (κ1) is 14.4. The number of ether oxygens (including phenoxy) is 2. The van der Waals surface area contributed by atoms with Gasteiger partial charge in [0.2, 0.25) is 0 Å². The number of esters is 1. The molecule has 0 aliphatic carbocycles. The van der Waals surface area contributed by atoms with E-state index in [0.29, 0.717) is 13.0 Å². The topological polar surface area (TPSA) is 59.0 Å². The van der Waals surface area contributed by atoms with E-state index >= 15 is 0 Å². The monoisotopic (exact) mass is 245 g/mol. The molecule has 1 aliphatic rings. The van der Waals surface area contributed by atoms with E-state index in [0.717, 1.165) is 26.1 Å². The molecule has 1 aliphatic heterocycles. The zero-order valence-electron chi connectivity index (χ0n) is 10.9. The van der Waals surface area contributed by atoms with Gasteiger partial charge < -0.3 is 14.6 Å². The molecule has 0 saturated carbocycles. The van der Waals surface area contributed by atoms with Gasteiger partial charge in [-0.1, -0.05) is 0 Å². The van der Waals surface area contributed by atoms with E-state index in [4.69, 9.17) is 4.74 Å². The number of hydrogen-bond acceptors (Lipinski definition) is 5. The minimum Gasteiger partial charge on any atom is -0.469 e. The van der Waals surface area contributed by atoms with Gasteiger partial charge in [-0.2, -0.15) is 0 Å². The highest BCUT2D eigenvalue weighted by Gasteiger charge is 2.24. The van der Waals surface area contributed by atoms with Gasteiger partial charge in [-0.05, 0) is 20.3 Å². The summed E-state index contributed by atoms with van der Waals surface area (Å²) in [6.07, 6.45) is 0.936. The lowest BCUT2D eigenvalue weighted by Crippen LogP contribution is -2.44. The van der Waals surface area contributed by atoms with Gasteiger partial charge >= 0.3 is 5.97 Å². The van der Waals surface area contributed by atoms with Crippen molar-refractivity contribution in [2.75, 3.05) is 33.4 Å². The maximum atomic E-state index is 11.1. The summed E-state index contributed by atoms with van der Waals surface area (Å²) in [5, 5.41) is 9.67. The van der Waals surface area contributed by atoms with Crippen LogP contribution in [0.5, 0.6) is 0 Å². The van der Waals surface area contributed by atoms with Gasteiger partial charge in [0.05, 0.1) is 31.8 Å². The molecule has 100 valence electrons. The molecule has 0 amide bonds. The smallest absolute Gasteiger partial charge is 0.308 e. The maximum Gasteiger partial charge on any atom is 0.308 e. The number of hydrogen-bond donors (Lipinski definition) is 1. The van der Waals surface area contributed by atoms with Gasteiger partial charge in [-0.25, -0.2) is 0 Å². The Morgan fingerprint density at radius 3 is 2.88 bits per heavy atom. The number of carbonyl (C=O) groups excluding carboxylic acids is 1. The summed E-state index contributed by atoms with van der Waals surface area (Å²) in [6, 6.07) is 0. The first-order chi connectivity index (χ1) is 7.90. The van der Waals surface area contributed by atoms with Crippen molar-refractivity contribution >= 4 is 5.97 Å². The summed E-state index contributed by atoms with van der Waals surface area (Å²) in [7, 11) is 1.39. The summed E-state index contributed by atoms with van der Waals surface area (Å²) in [4.78, 5) is 13.4. The normalized spacial score (nSPS) is 22.5. The number of nitrogens with zero attached hydrogens (tertiary/aromatic N) is 1. The number of methoxy groups -OCH3 is 1. The first-order valence-corrected chi connectivity index (χ1v) is 6.04. The average molecular weight is 245 g/mol. The van der Waals surface area contributed by atoms with Crippen LogP contribution in [0.1, 0.15) is 26.7 Å². The Morgan fingerprint density at radius 1 is 1.59 bits per heavy atom. The van der Waals surface area contributed by atoms with Crippen molar-refractivity contribution in [1.29, 1.82) is 0 Å². The van der Waals surface area contributed by atoms with Gasteiger partial charge in [0, 0.05) is 19.6 Å². The minimum absolute atomic E-state index is 0.0852. The second-order valence-corrected chi connectivity index (χ2v) is 5.14. The van der Waals surface area contributed by atoms with E-state index in [1.54, 1.807) is 13.8 Å². The van der Waals surface area contributed by atoms with Crippen molar-refractivity contribution in [1.82, 2.24) is 4.90 Å². The van der Waals surface area contributed by atoms with Crippen LogP contribution in [0.3, 0.4) is 0 Å². The number of rotatable bonds is 5. The number of aliphatic hydroxyl groups is 1. The fraction of sp³-hybridized carbons (Fsp3) is 0.917. The lowest BCUT2D eigenvalue weighted by Gasteiger charge is -2.33. The molecule has 0 aromatic heterocycles. The molecular weight excluding hydrogens is 222 g/mol. The van der Waals surface area contributed by atoms with E-state index in [9.17, 15) is 9.90 Å². The molecule has 1 atom stereocenters.